The van der Waals surface area contributed by atoms with E-state index in [2.05, 4.69) is 35.3 Å². The highest BCUT2D eigenvalue weighted by Crippen LogP contribution is 2.07. The Bertz CT molecular complexity index is 586. The minimum Gasteiger partial charge on any atom is -0.364 e. The van der Waals surface area contributed by atoms with Crippen LogP contribution in [0.2, 0.25) is 0 Å². The highest BCUT2D eigenvalue weighted by molar-refractivity contribution is 5.79. The van der Waals surface area contributed by atoms with E-state index in [9.17, 15) is 0 Å². The van der Waals surface area contributed by atoms with Gasteiger partial charge in [0.25, 0.3) is 0 Å². The summed E-state index contributed by atoms with van der Waals surface area (Å²) in [6.45, 7) is 6.23. The minimum absolute atomic E-state index is 0.769. The third-order valence-corrected chi connectivity index (χ3v) is 3.85. The maximum absolute atomic E-state index is 4.88. The second-order valence-corrected chi connectivity index (χ2v) is 5.39. The number of hydrogen-bond acceptors (Lipinski definition) is 6. The van der Waals surface area contributed by atoms with E-state index in [1.165, 1.54) is 0 Å². The lowest BCUT2D eigenvalue weighted by molar-refractivity contribution is 0.169. The van der Waals surface area contributed by atoms with Crippen molar-refractivity contribution in [1.82, 2.24) is 35.0 Å². The van der Waals surface area contributed by atoms with Crippen LogP contribution in [0.1, 0.15) is 5.69 Å². The fourth-order valence-corrected chi connectivity index (χ4v) is 2.63. The normalized spacial score (nSPS) is 16.7. The Hall–Kier alpha value is -2.42. The van der Waals surface area contributed by atoms with Crippen LogP contribution < -0.4 is 5.32 Å². The van der Waals surface area contributed by atoms with Crippen molar-refractivity contribution in [2.45, 2.75) is 13.1 Å². The van der Waals surface area contributed by atoms with Crippen molar-refractivity contribution in [3.05, 3.63) is 30.7 Å². The first-order valence-corrected chi connectivity index (χ1v) is 7.75. The molecular formula is C14H22N8O. The van der Waals surface area contributed by atoms with Crippen LogP contribution in [0.15, 0.2) is 34.5 Å². The van der Waals surface area contributed by atoms with Gasteiger partial charge in [0.2, 0.25) is 0 Å². The first-order valence-electron chi connectivity index (χ1n) is 7.75. The number of hydrogen-bond donors (Lipinski definition) is 1. The van der Waals surface area contributed by atoms with E-state index in [1.54, 1.807) is 23.6 Å². The monoisotopic (exact) mass is 318 g/mol. The summed E-state index contributed by atoms with van der Waals surface area (Å²) in [4.78, 5) is 13.0. The lowest BCUT2D eigenvalue weighted by Gasteiger charge is -2.36. The van der Waals surface area contributed by atoms with Crippen molar-refractivity contribution in [3.8, 4) is 0 Å². The lowest BCUT2D eigenvalue weighted by atomic mass is 10.3. The minimum atomic E-state index is 0.769. The van der Waals surface area contributed by atoms with Crippen LogP contribution >= 0.6 is 0 Å². The summed E-state index contributed by atoms with van der Waals surface area (Å²) in [6, 6.07) is 1.91. The van der Waals surface area contributed by atoms with Crippen LogP contribution in [-0.4, -0.2) is 75.5 Å². The average molecular weight is 318 g/mol. The first-order chi connectivity index (χ1) is 11.3. The van der Waals surface area contributed by atoms with Gasteiger partial charge in [-0.1, -0.05) is 5.16 Å². The molecule has 23 heavy (non-hydrogen) atoms. The molecule has 9 heteroatoms. The van der Waals surface area contributed by atoms with Gasteiger partial charge in [0.1, 0.15) is 18.9 Å². The average Bonchev–Trinajstić information content (AvgIpc) is 3.26. The molecule has 0 amide bonds. The zero-order valence-electron chi connectivity index (χ0n) is 13.3. The molecule has 0 aliphatic carbocycles. The Morgan fingerprint density at radius 2 is 2.22 bits per heavy atom. The molecule has 1 fully saturated rings. The number of piperazine rings is 1. The largest absolute Gasteiger partial charge is 0.364 e. The highest BCUT2D eigenvalue weighted by atomic mass is 16.5. The highest BCUT2D eigenvalue weighted by Gasteiger charge is 2.20. The van der Waals surface area contributed by atoms with E-state index in [0.717, 1.165) is 57.5 Å². The fourth-order valence-electron chi connectivity index (χ4n) is 2.63. The SMILES string of the molecule is CN=C(NCCn1cncn1)N1CCN(Cc2ccon2)CC1. The lowest BCUT2D eigenvalue weighted by Crippen LogP contribution is -2.52. The summed E-state index contributed by atoms with van der Waals surface area (Å²) in [6.07, 6.45) is 4.88. The maximum Gasteiger partial charge on any atom is 0.193 e. The molecule has 0 unspecified atom stereocenters. The zero-order chi connectivity index (χ0) is 15.9. The van der Waals surface area contributed by atoms with Gasteiger partial charge in [0, 0.05) is 52.4 Å². The molecule has 1 aliphatic heterocycles. The van der Waals surface area contributed by atoms with Gasteiger partial charge in [-0.15, -0.1) is 0 Å². The van der Waals surface area contributed by atoms with E-state index in [1.807, 2.05) is 13.1 Å². The van der Waals surface area contributed by atoms with Crippen molar-refractivity contribution in [3.63, 3.8) is 0 Å². The molecule has 0 spiro atoms. The van der Waals surface area contributed by atoms with Crippen LogP contribution in [0.25, 0.3) is 0 Å². The van der Waals surface area contributed by atoms with Crippen LogP contribution in [0.3, 0.4) is 0 Å². The predicted molar refractivity (Wildman–Crippen MR) is 84.7 cm³/mol. The Morgan fingerprint density at radius 3 is 2.87 bits per heavy atom. The van der Waals surface area contributed by atoms with E-state index < -0.39 is 0 Å². The second kappa shape index (κ2) is 7.73. The van der Waals surface area contributed by atoms with E-state index in [0.29, 0.717) is 0 Å². The number of nitrogens with one attached hydrogen (secondary N) is 1. The molecule has 3 heterocycles. The van der Waals surface area contributed by atoms with Crippen molar-refractivity contribution in [1.29, 1.82) is 0 Å². The van der Waals surface area contributed by atoms with Gasteiger partial charge in [-0.05, 0) is 0 Å². The molecule has 0 saturated carbocycles. The van der Waals surface area contributed by atoms with Crippen LogP contribution in [-0.2, 0) is 13.1 Å². The third-order valence-electron chi connectivity index (χ3n) is 3.85. The Morgan fingerprint density at radius 1 is 1.35 bits per heavy atom. The number of rotatable bonds is 5. The smallest absolute Gasteiger partial charge is 0.193 e. The molecule has 2 aromatic heterocycles. The fraction of sp³-hybridized carbons (Fsp3) is 0.571. The van der Waals surface area contributed by atoms with Gasteiger partial charge in [0.15, 0.2) is 5.96 Å². The van der Waals surface area contributed by atoms with Gasteiger partial charge in [0.05, 0.1) is 12.2 Å². The number of aliphatic imine (C=N–C) groups is 1. The molecule has 0 atom stereocenters. The Kier molecular flexibility index (Phi) is 5.20. The second-order valence-electron chi connectivity index (χ2n) is 5.39. The zero-order valence-corrected chi connectivity index (χ0v) is 13.3. The van der Waals surface area contributed by atoms with E-state index >= 15 is 0 Å². The molecule has 0 aromatic carbocycles. The molecule has 1 aliphatic rings. The quantitative estimate of drug-likeness (QED) is 0.596. The maximum atomic E-state index is 4.88. The summed E-state index contributed by atoms with van der Waals surface area (Å²) >= 11 is 0. The summed E-state index contributed by atoms with van der Waals surface area (Å²) < 4.78 is 6.68. The van der Waals surface area contributed by atoms with Gasteiger partial charge in [-0.3, -0.25) is 14.6 Å². The number of nitrogens with zero attached hydrogens (tertiary/aromatic N) is 7. The number of aromatic nitrogens is 4. The van der Waals surface area contributed by atoms with Gasteiger partial charge >= 0.3 is 0 Å². The van der Waals surface area contributed by atoms with Gasteiger partial charge in [-0.2, -0.15) is 5.10 Å². The predicted octanol–water partition coefficient (Wildman–Crippen LogP) is -0.341. The molecule has 0 bridgehead atoms. The van der Waals surface area contributed by atoms with Crippen molar-refractivity contribution in [2.75, 3.05) is 39.8 Å². The van der Waals surface area contributed by atoms with Gasteiger partial charge in [-0.25, -0.2) is 4.98 Å². The molecule has 1 N–H and O–H groups in total. The Balaban J connectivity index is 1.41. The Labute approximate surface area is 135 Å². The molecule has 1 saturated heterocycles. The van der Waals surface area contributed by atoms with Gasteiger partial charge < -0.3 is 14.7 Å². The van der Waals surface area contributed by atoms with Crippen molar-refractivity contribution >= 4 is 5.96 Å². The molecule has 2 aromatic rings. The summed E-state index contributed by atoms with van der Waals surface area (Å²) in [5.41, 5.74) is 0.980. The molecule has 124 valence electrons. The van der Waals surface area contributed by atoms with Crippen molar-refractivity contribution < 1.29 is 4.52 Å². The summed E-state index contributed by atoms with van der Waals surface area (Å²) in [7, 11) is 1.82. The van der Waals surface area contributed by atoms with Crippen LogP contribution in [0.4, 0.5) is 0 Å². The standard InChI is InChI=1S/C14H22N8O/c1-15-14(17-3-4-22-12-16-11-18-22)21-7-5-20(6-8-21)10-13-2-9-23-19-13/h2,9,11-12H,3-8,10H2,1H3,(H,15,17). The molecule has 3 rings (SSSR count). The third kappa shape index (κ3) is 4.28. The summed E-state index contributed by atoms with van der Waals surface area (Å²) in [5, 5.41) is 11.4. The molecule has 9 nitrogen and oxygen atoms in total. The van der Waals surface area contributed by atoms with Crippen molar-refractivity contribution in [2.24, 2.45) is 4.99 Å². The molecular weight excluding hydrogens is 296 g/mol. The number of guanidine groups is 1. The topological polar surface area (TPSA) is 87.6 Å². The van der Waals surface area contributed by atoms with Crippen LogP contribution in [0.5, 0.6) is 0 Å². The van der Waals surface area contributed by atoms with Crippen LogP contribution in [0, 0.1) is 0 Å². The summed E-state index contributed by atoms with van der Waals surface area (Å²) in [5.74, 6) is 0.936. The van der Waals surface area contributed by atoms with E-state index in [-0.39, 0.29) is 0 Å². The molecule has 0 radical (unpaired) electrons. The first kappa shape index (κ1) is 15.5. The van der Waals surface area contributed by atoms with E-state index in [4.69, 9.17) is 4.52 Å².